The number of hydrogen-bond acceptors (Lipinski definition) is 8. The molecule has 0 radical (unpaired) electrons. The van der Waals surface area contributed by atoms with Crippen molar-refractivity contribution >= 4 is 22.9 Å². The molecular formula is C23H24FN7O4. The topological polar surface area (TPSA) is 118 Å². The van der Waals surface area contributed by atoms with Crippen LogP contribution < -0.4 is 10.5 Å². The second kappa shape index (κ2) is 8.45. The summed E-state index contributed by atoms with van der Waals surface area (Å²) in [5.41, 5.74) is 1.98. The maximum Gasteiger partial charge on any atom is 0.299 e. The number of halogens is 1. The Labute approximate surface area is 199 Å². The predicted molar refractivity (Wildman–Crippen MR) is 123 cm³/mol. The third-order valence-corrected chi connectivity index (χ3v) is 6.83. The lowest BCUT2D eigenvalue weighted by Gasteiger charge is -2.36. The SMILES string of the molecule is O=C(c1nccc(F)c1O)N1CCN(c2c3n(c4nc(C5=CCOCC5)nn4c2=O)CCC3)CC1. The maximum atomic E-state index is 13.7. The van der Waals surface area contributed by atoms with Crippen molar-refractivity contribution in [3.05, 3.63) is 51.7 Å². The third kappa shape index (κ3) is 3.55. The Morgan fingerprint density at radius 1 is 1.14 bits per heavy atom. The fraction of sp³-hybridized carbons (Fsp3) is 0.435. The van der Waals surface area contributed by atoms with Crippen LogP contribution in [0, 0.1) is 5.82 Å². The van der Waals surface area contributed by atoms with Crippen LogP contribution in [0.1, 0.15) is 34.8 Å². The summed E-state index contributed by atoms with van der Waals surface area (Å²) >= 11 is 0. The number of fused-ring (bicyclic) bond motifs is 3. The maximum absolute atomic E-state index is 13.7. The number of hydrogen-bond donors (Lipinski definition) is 1. The minimum Gasteiger partial charge on any atom is -0.503 e. The lowest BCUT2D eigenvalue weighted by atomic mass is 10.1. The number of carbonyl (C=O) groups is 1. The van der Waals surface area contributed by atoms with E-state index in [0.29, 0.717) is 63.1 Å². The molecular weight excluding hydrogens is 457 g/mol. The molecule has 3 aromatic rings. The highest BCUT2D eigenvalue weighted by molar-refractivity contribution is 5.95. The largest absolute Gasteiger partial charge is 0.503 e. The first-order valence-corrected chi connectivity index (χ1v) is 11.7. The third-order valence-electron chi connectivity index (χ3n) is 6.83. The smallest absolute Gasteiger partial charge is 0.299 e. The molecule has 1 N–H and O–H groups in total. The number of anilines is 1. The molecule has 0 aliphatic carbocycles. The van der Waals surface area contributed by atoms with Gasteiger partial charge in [-0.15, -0.1) is 5.10 Å². The zero-order valence-corrected chi connectivity index (χ0v) is 19.0. The van der Waals surface area contributed by atoms with E-state index >= 15 is 0 Å². The van der Waals surface area contributed by atoms with E-state index in [1.54, 1.807) is 0 Å². The Kier molecular flexibility index (Phi) is 5.24. The minimum atomic E-state index is -0.886. The highest BCUT2D eigenvalue weighted by Crippen LogP contribution is 2.28. The number of aromatic nitrogens is 5. The molecule has 0 atom stereocenters. The number of rotatable bonds is 3. The molecule has 0 bridgehead atoms. The van der Waals surface area contributed by atoms with Gasteiger partial charge in [-0.25, -0.2) is 9.37 Å². The van der Waals surface area contributed by atoms with Crippen LogP contribution >= 0.6 is 0 Å². The van der Waals surface area contributed by atoms with Crippen LogP contribution in [0.25, 0.3) is 11.4 Å². The Morgan fingerprint density at radius 3 is 2.74 bits per heavy atom. The standard InChI is InChI=1S/C23H24FN7O4/c24-15-3-6-25-17(19(15)32)21(33)29-10-8-28(9-11-29)18-16-2-1-7-30(16)23-26-20(27-31(23)22(18)34)14-4-12-35-13-5-14/h3-4,6,32H,1-2,5,7-13H2. The van der Waals surface area contributed by atoms with E-state index in [1.807, 2.05) is 11.0 Å². The first-order valence-electron chi connectivity index (χ1n) is 11.7. The summed E-state index contributed by atoms with van der Waals surface area (Å²) in [6.45, 7) is 3.33. The van der Waals surface area contributed by atoms with Gasteiger partial charge in [-0.2, -0.15) is 9.50 Å². The molecule has 3 aliphatic rings. The normalized spacial score (nSPS) is 18.1. The van der Waals surface area contributed by atoms with E-state index in [1.165, 1.54) is 9.42 Å². The molecule has 12 heteroatoms. The van der Waals surface area contributed by atoms with Gasteiger partial charge in [0.25, 0.3) is 11.5 Å². The van der Waals surface area contributed by atoms with Gasteiger partial charge in [0.15, 0.2) is 23.1 Å². The monoisotopic (exact) mass is 481 g/mol. The first-order chi connectivity index (χ1) is 17.0. The second-order valence-electron chi connectivity index (χ2n) is 8.83. The summed E-state index contributed by atoms with van der Waals surface area (Å²) in [5, 5.41) is 14.5. The van der Waals surface area contributed by atoms with E-state index in [9.17, 15) is 19.1 Å². The predicted octanol–water partition coefficient (Wildman–Crippen LogP) is 0.843. The van der Waals surface area contributed by atoms with Gasteiger partial charge in [0.2, 0.25) is 5.78 Å². The van der Waals surface area contributed by atoms with Crippen molar-refractivity contribution in [1.29, 1.82) is 0 Å². The van der Waals surface area contributed by atoms with Gasteiger partial charge in [-0.1, -0.05) is 6.08 Å². The number of aromatic hydroxyl groups is 1. The molecule has 6 rings (SSSR count). The van der Waals surface area contributed by atoms with Crippen LogP contribution in [-0.2, 0) is 17.7 Å². The quantitative estimate of drug-likeness (QED) is 0.585. The molecule has 1 saturated heterocycles. The van der Waals surface area contributed by atoms with Crippen LogP contribution in [0.4, 0.5) is 10.1 Å². The molecule has 6 heterocycles. The molecule has 3 aliphatic heterocycles. The molecule has 182 valence electrons. The van der Waals surface area contributed by atoms with Crippen molar-refractivity contribution in [3.63, 3.8) is 0 Å². The van der Waals surface area contributed by atoms with Gasteiger partial charge in [-0.3, -0.25) is 9.59 Å². The van der Waals surface area contributed by atoms with Gasteiger partial charge in [0.1, 0.15) is 5.69 Å². The molecule has 35 heavy (non-hydrogen) atoms. The number of ether oxygens (including phenoxy) is 1. The Hall–Kier alpha value is -3.80. The van der Waals surface area contributed by atoms with Crippen LogP contribution in [0.3, 0.4) is 0 Å². The van der Waals surface area contributed by atoms with Gasteiger partial charge < -0.3 is 24.2 Å². The molecule has 0 unspecified atom stereocenters. The Bertz CT molecular complexity index is 1420. The van der Waals surface area contributed by atoms with E-state index in [0.717, 1.165) is 42.9 Å². The van der Waals surface area contributed by atoms with E-state index < -0.39 is 17.5 Å². The lowest BCUT2D eigenvalue weighted by Crippen LogP contribution is -2.50. The number of nitrogens with zero attached hydrogens (tertiary/aromatic N) is 7. The van der Waals surface area contributed by atoms with Gasteiger partial charge in [-0.05, 0) is 30.9 Å². The molecule has 11 nitrogen and oxygen atoms in total. The fourth-order valence-electron chi connectivity index (χ4n) is 5.03. The van der Waals surface area contributed by atoms with Gasteiger partial charge in [0, 0.05) is 38.9 Å². The Balaban J connectivity index is 1.30. The summed E-state index contributed by atoms with van der Waals surface area (Å²) in [6, 6.07) is 1.00. The average Bonchev–Trinajstić information content (AvgIpc) is 3.54. The van der Waals surface area contributed by atoms with Crippen molar-refractivity contribution in [2.75, 3.05) is 44.3 Å². The van der Waals surface area contributed by atoms with Crippen LogP contribution in [0.2, 0.25) is 0 Å². The van der Waals surface area contributed by atoms with Crippen molar-refractivity contribution in [2.45, 2.75) is 25.8 Å². The number of aryl methyl sites for hydroxylation is 1. The van der Waals surface area contributed by atoms with Crippen molar-refractivity contribution < 1.29 is 19.0 Å². The summed E-state index contributed by atoms with van der Waals surface area (Å²) in [5.74, 6) is -1.06. The zero-order valence-electron chi connectivity index (χ0n) is 19.0. The molecule has 0 saturated carbocycles. The summed E-state index contributed by atoms with van der Waals surface area (Å²) in [4.78, 5) is 38.5. The van der Waals surface area contributed by atoms with Crippen LogP contribution in [0.5, 0.6) is 5.75 Å². The molecule has 3 aromatic heterocycles. The first kappa shape index (κ1) is 21.7. The fourth-order valence-corrected chi connectivity index (χ4v) is 5.03. The van der Waals surface area contributed by atoms with Crippen molar-refractivity contribution in [1.82, 2.24) is 29.0 Å². The minimum absolute atomic E-state index is 0.219. The number of carbonyl (C=O) groups excluding carboxylic acids is 1. The molecule has 1 amide bonds. The molecule has 0 spiro atoms. The molecule has 0 aromatic carbocycles. The summed E-state index contributed by atoms with van der Waals surface area (Å²) < 4.78 is 22.5. The highest BCUT2D eigenvalue weighted by Gasteiger charge is 2.31. The number of amides is 1. The number of piperazine rings is 1. The van der Waals surface area contributed by atoms with Crippen molar-refractivity contribution in [2.24, 2.45) is 0 Å². The second-order valence-corrected chi connectivity index (χ2v) is 8.83. The van der Waals surface area contributed by atoms with Crippen LogP contribution in [0.15, 0.2) is 23.1 Å². The van der Waals surface area contributed by atoms with Crippen molar-refractivity contribution in [3.8, 4) is 5.75 Å². The average molecular weight is 481 g/mol. The van der Waals surface area contributed by atoms with E-state index in [2.05, 4.69) is 14.6 Å². The zero-order chi connectivity index (χ0) is 24.1. The van der Waals surface area contributed by atoms with E-state index in [-0.39, 0.29) is 11.3 Å². The Morgan fingerprint density at radius 2 is 1.97 bits per heavy atom. The lowest BCUT2D eigenvalue weighted by molar-refractivity contribution is 0.0736. The van der Waals surface area contributed by atoms with E-state index in [4.69, 9.17) is 9.72 Å². The summed E-state index contributed by atoms with van der Waals surface area (Å²) in [7, 11) is 0. The van der Waals surface area contributed by atoms with Crippen LogP contribution in [-0.4, -0.2) is 79.5 Å². The number of pyridine rings is 1. The van der Waals surface area contributed by atoms with Gasteiger partial charge in [0.05, 0.1) is 18.9 Å². The van der Waals surface area contributed by atoms with Gasteiger partial charge >= 0.3 is 0 Å². The summed E-state index contributed by atoms with van der Waals surface area (Å²) in [6.07, 6.45) is 5.49. The molecule has 1 fully saturated rings. The highest BCUT2D eigenvalue weighted by atomic mass is 19.1.